The number of fused-ring (bicyclic) bond motifs is 1. The molecule has 0 amide bonds. The van der Waals surface area contributed by atoms with Crippen LogP contribution in [0.2, 0.25) is 0 Å². The van der Waals surface area contributed by atoms with E-state index in [1.165, 1.54) is 12.1 Å². The van der Waals surface area contributed by atoms with Gasteiger partial charge in [-0.1, -0.05) is 6.07 Å². The Bertz CT molecular complexity index is 472. The lowest BCUT2D eigenvalue weighted by molar-refractivity contribution is -0.136. The molecule has 2 aromatic rings. The second-order valence-corrected chi connectivity index (χ2v) is 3.98. The number of hydrogen-bond donors (Lipinski definition) is 1. The summed E-state index contributed by atoms with van der Waals surface area (Å²) in [6.45, 7) is 0. The Morgan fingerprint density at radius 1 is 1.21 bits per heavy atom. The van der Waals surface area contributed by atoms with Gasteiger partial charge in [-0.15, -0.1) is 11.3 Å². The van der Waals surface area contributed by atoms with Crippen molar-refractivity contribution in [1.82, 2.24) is 0 Å². The highest BCUT2D eigenvalue weighted by atomic mass is 32.1. The standard InChI is InChI=1S/C9H6F3NS/c10-9(11,12)6-2-1-3-7-5(6)4-8(13)14-7/h1-4H,13H2. The molecule has 0 saturated carbocycles. The first-order valence-electron chi connectivity index (χ1n) is 3.84. The maximum absolute atomic E-state index is 12.5. The number of halogens is 3. The van der Waals surface area contributed by atoms with Crippen molar-refractivity contribution in [2.24, 2.45) is 0 Å². The fourth-order valence-electron chi connectivity index (χ4n) is 1.33. The molecule has 14 heavy (non-hydrogen) atoms. The van der Waals surface area contributed by atoms with Crippen molar-refractivity contribution in [1.29, 1.82) is 0 Å². The first-order valence-corrected chi connectivity index (χ1v) is 4.65. The Hall–Kier alpha value is -1.23. The fourth-order valence-corrected chi connectivity index (χ4v) is 2.18. The molecule has 2 N–H and O–H groups in total. The minimum Gasteiger partial charge on any atom is -0.391 e. The van der Waals surface area contributed by atoms with Gasteiger partial charge in [-0.3, -0.25) is 0 Å². The molecular formula is C9H6F3NS. The smallest absolute Gasteiger partial charge is 0.391 e. The van der Waals surface area contributed by atoms with Crippen molar-refractivity contribution in [2.45, 2.75) is 6.18 Å². The van der Waals surface area contributed by atoms with Gasteiger partial charge in [0.15, 0.2) is 0 Å². The van der Waals surface area contributed by atoms with Crippen LogP contribution in [-0.2, 0) is 6.18 Å². The van der Waals surface area contributed by atoms with E-state index in [4.69, 9.17) is 5.73 Å². The summed E-state index contributed by atoms with van der Waals surface area (Å²) in [6.07, 6.45) is -4.31. The van der Waals surface area contributed by atoms with Crippen LogP contribution in [0.15, 0.2) is 24.3 Å². The highest BCUT2D eigenvalue weighted by Gasteiger charge is 2.32. The summed E-state index contributed by atoms with van der Waals surface area (Å²) < 4.78 is 38.0. The highest BCUT2D eigenvalue weighted by molar-refractivity contribution is 7.22. The number of anilines is 1. The summed E-state index contributed by atoms with van der Waals surface area (Å²) in [5, 5.41) is 0.583. The van der Waals surface area contributed by atoms with Crippen LogP contribution in [0.5, 0.6) is 0 Å². The van der Waals surface area contributed by atoms with Gasteiger partial charge in [0.2, 0.25) is 0 Å². The monoisotopic (exact) mass is 217 g/mol. The van der Waals surface area contributed by atoms with E-state index < -0.39 is 11.7 Å². The van der Waals surface area contributed by atoms with Crippen molar-refractivity contribution >= 4 is 26.4 Å². The number of benzene rings is 1. The quantitative estimate of drug-likeness (QED) is 0.718. The lowest BCUT2D eigenvalue weighted by Gasteiger charge is -2.06. The normalized spacial score (nSPS) is 12.2. The number of rotatable bonds is 0. The third-order valence-electron chi connectivity index (χ3n) is 1.89. The van der Waals surface area contributed by atoms with Crippen molar-refractivity contribution < 1.29 is 13.2 Å². The molecule has 2 rings (SSSR count). The minimum atomic E-state index is -4.31. The predicted molar refractivity (Wildman–Crippen MR) is 51.2 cm³/mol. The van der Waals surface area contributed by atoms with Gasteiger partial charge in [0.25, 0.3) is 0 Å². The molecule has 0 unspecified atom stereocenters. The molecule has 0 fully saturated rings. The molecule has 5 heteroatoms. The van der Waals surface area contributed by atoms with Gasteiger partial charge in [0.1, 0.15) is 0 Å². The van der Waals surface area contributed by atoms with E-state index in [1.54, 1.807) is 6.07 Å². The third kappa shape index (κ3) is 1.43. The third-order valence-corrected chi connectivity index (χ3v) is 2.82. The first-order chi connectivity index (χ1) is 6.48. The van der Waals surface area contributed by atoms with Crippen LogP contribution in [0.25, 0.3) is 10.1 Å². The van der Waals surface area contributed by atoms with Crippen LogP contribution < -0.4 is 5.73 Å². The molecule has 0 radical (unpaired) electrons. The van der Waals surface area contributed by atoms with Gasteiger partial charge < -0.3 is 5.73 Å². The van der Waals surface area contributed by atoms with Crippen molar-refractivity contribution in [3.63, 3.8) is 0 Å². The lowest BCUT2D eigenvalue weighted by Crippen LogP contribution is -2.04. The van der Waals surface area contributed by atoms with Gasteiger partial charge in [-0.2, -0.15) is 13.2 Å². The van der Waals surface area contributed by atoms with Crippen molar-refractivity contribution in [3.05, 3.63) is 29.8 Å². The molecule has 1 aromatic carbocycles. The first kappa shape index (κ1) is 9.33. The van der Waals surface area contributed by atoms with E-state index >= 15 is 0 Å². The van der Waals surface area contributed by atoms with E-state index in [-0.39, 0.29) is 5.39 Å². The SMILES string of the molecule is Nc1cc2c(C(F)(F)F)cccc2s1. The zero-order valence-electron chi connectivity index (χ0n) is 6.93. The molecule has 0 aliphatic heterocycles. The van der Waals surface area contributed by atoms with Gasteiger partial charge in [0, 0.05) is 10.1 Å². The summed E-state index contributed by atoms with van der Waals surface area (Å²) in [6, 6.07) is 5.45. The maximum Gasteiger partial charge on any atom is 0.417 e. The molecule has 1 heterocycles. The molecule has 0 bridgehead atoms. The number of hydrogen-bond acceptors (Lipinski definition) is 2. The zero-order chi connectivity index (χ0) is 10.3. The van der Waals surface area contributed by atoms with Crippen LogP contribution in [0.3, 0.4) is 0 Å². The van der Waals surface area contributed by atoms with Gasteiger partial charge in [0.05, 0.1) is 10.6 Å². The van der Waals surface area contributed by atoms with Crippen LogP contribution in [0.1, 0.15) is 5.56 Å². The fraction of sp³-hybridized carbons (Fsp3) is 0.111. The molecule has 0 aliphatic rings. The molecule has 1 aromatic heterocycles. The van der Waals surface area contributed by atoms with Gasteiger partial charge in [-0.05, 0) is 18.2 Å². The predicted octanol–water partition coefficient (Wildman–Crippen LogP) is 3.50. The molecular weight excluding hydrogens is 211 g/mol. The minimum absolute atomic E-state index is 0.183. The van der Waals surface area contributed by atoms with Crippen molar-refractivity contribution in [2.75, 3.05) is 5.73 Å². The largest absolute Gasteiger partial charge is 0.417 e. The average molecular weight is 217 g/mol. The maximum atomic E-state index is 12.5. The van der Waals surface area contributed by atoms with E-state index in [2.05, 4.69) is 0 Å². The summed E-state index contributed by atoms with van der Waals surface area (Å²) in [7, 11) is 0. The van der Waals surface area contributed by atoms with E-state index in [9.17, 15) is 13.2 Å². The molecule has 1 nitrogen and oxygen atoms in total. The van der Waals surface area contributed by atoms with Crippen LogP contribution in [0.4, 0.5) is 18.2 Å². The highest BCUT2D eigenvalue weighted by Crippen LogP contribution is 2.38. The van der Waals surface area contributed by atoms with Crippen LogP contribution in [0, 0.1) is 0 Å². The van der Waals surface area contributed by atoms with Gasteiger partial charge in [-0.25, -0.2) is 0 Å². The van der Waals surface area contributed by atoms with E-state index in [0.717, 1.165) is 17.4 Å². The Kier molecular flexibility index (Phi) is 1.92. The number of thiophene rings is 1. The lowest BCUT2D eigenvalue weighted by atomic mass is 10.1. The molecule has 74 valence electrons. The van der Waals surface area contributed by atoms with E-state index in [0.29, 0.717) is 9.70 Å². The molecule has 0 spiro atoms. The van der Waals surface area contributed by atoms with Crippen LogP contribution in [-0.4, -0.2) is 0 Å². The summed E-state index contributed by atoms with van der Waals surface area (Å²) in [4.78, 5) is 0. The number of alkyl halides is 3. The zero-order valence-corrected chi connectivity index (χ0v) is 7.75. The summed E-state index contributed by atoms with van der Waals surface area (Å²) >= 11 is 1.16. The summed E-state index contributed by atoms with van der Waals surface area (Å²) in [5.74, 6) is 0. The Morgan fingerprint density at radius 2 is 1.93 bits per heavy atom. The molecule has 0 atom stereocenters. The average Bonchev–Trinajstić information content (AvgIpc) is 2.41. The van der Waals surface area contributed by atoms with Crippen LogP contribution >= 0.6 is 11.3 Å². The Labute approximate surface area is 82.0 Å². The second kappa shape index (κ2) is 2.88. The topological polar surface area (TPSA) is 26.0 Å². The van der Waals surface area contributed by atoms with Gasteiger partial charge >= 0.3 is 6.18 Å². The second-order valence-electron chi connectivity index (χ2n) is 2.86. The Morgan fingerprint density at radius 3 is 2.57 bits per heavy atom. The summed E-state index contributed by atoms with van der Waals surface area (Å²) in [5.41, 5.74) is 4.83. The molecule has 0 aliphatic carbocycles. The molecule has 0 saturated heterocycles. The number of nitrogens with two attached hydrogens (primary N) is 1. The Balaban J connectivity index is 2.77. The number of nitrogen functional groups attached to an aromatic ring is 1. The van der Waals surface area contributed by atoms with E-state index in [1.807, 2.05) is 0 Å². The van der Waals surface area contributed by atoms with Crippen molar-refractivity contribution in [3.8, 4) is 0 Å².